The van der Waals surface area contributed by atoms with Gasteiger partial charge in [-0.3, -0.25) is 4.79 Å². The summed E-state index contributed by atoms with van der Waals surface area (Å²) in [5.74, 6) is -0.113. The van der Waals surface area contributed by atoms with Gasteiger partial charge in [-0.25, -0.2) is 0 Å². The summed E-state index contributed by atoms with van der Waals surface area (Å²) in [5.41, 5.74) is 0.348. The highest BCUT2D eigenvalue weighted by Crippen LogP contribution is 2.18. The van der Waals surface area contributed by atoms with Gasteiger partial charge in [0.2, 0.25) is 0 Å². The number of carbonyl (C=O) groups excluding carboxylic acids is 1. The van der Waals surface area contributed by atoms with Crippen molar-refractivity contribution in [1.29, 1.82) is 0 Å². The van der Waals surface area contributed by atoms with Crippen LogP contribution in [0.2, 0.25) is 0 Å². The molecule has 0 fully saturated rings. The Morgan fingerprint density at radius 3 is 2.67 bits per heavy atom. The number of carbonyl (C=O) groups is 1. The monoisotopic (exact) mass is 219 g/mol. The molecular formula is C10H12F3NO. The third kappa shape index (κ3) is 3.77. The SMILES string of the molecule is CCCC(=O)c1ccn(CC(F)(F)F)c1. The Morgan fingerprint density at radius 1 is 1.47 bits per heavy atom. The van der Waals surface area contributed by atoms with Crippen LogP contribution >= 0.6 is 0 Å². The predicted molar refractivity (Wildman–Crippen MR) is 49.7 cm³/mol. The zero-order valence-corrected chi connectivity index (χ0v) is 8.34. The smallest absolute Gasteiger partial charge is 0.344 e. The number of aromatic nitrogens is 1. The minimum atomic E-state index is -4.25. The van der Waals surface area contributed by atoms with E-state index in [0.717, 1.165) is 4.57 Å². The lowest BCUT2D eigenvalue weighted by molar-refractivity contribution is -0.140. The van der Waals surface area contributed by atoms with Crippen LogP contribution in [0.25, 0.3) is 0 Å². The Balaban J connectivity index is 2.68. The maximum absolute atomic E-state index is 12.0. The van der Waals surface area contributed by atoms with Crippen molar-refractivity contribution >= 4 is 5.78 Å². The lowest BCUT2D eigenvalue weighted by Gasteiger charge is -2.06. The number of halogens is 3. The molecule has 1 aromatic rings. The number of alkyl halides is 3. The average Bonchev–Trinajstić information content (AvgIpc) is 2.50. The molecule has 0 N–H and O–H groups in total. The molecule has 2 nitrogen and oxygen atoms in total. The van der Waals surface area contributed by atoms with Gasteiger partial charge in [-0.1, -0.05) is 6.92 Å². The molecule has 0 aliphatic carbocycles. The molecule has 0 aliphatic heterocycles. The van der Waals surface area contributed by atoms with E-state index < -0.39 is 12.7 Å². The van der Waals surface area contributed by atoms with Crippen molar-refractivity contribution in [2.24, 2.45) is 0 Å². The van der Waals surface area contributed by atoms with Crippen molar-refractivity contribution in [2.45, 2.75) is 32.5 Å². The van der Waals surface area contributed by atoms with Gasteiger partial charge in [-0.15, -0.1) is 0 Å². The van der Waals surface area contributed by atoms with Crippen LogP contribution in [0.15, 0.2) is 18.5 Å². The second-order valence-electron chi connectivity index (χ2n) is 3.36. The summed E-state index contributed by atoms with van der Waals surface area (Å²) in [6, 6.07) is 1.42. The largest absolute Gasteiger partial charge is 0.406 e. The van der Waals surface area contributed by atoms with E-state index in [4.69, 9.17) is 0 Å². The van der Waals surface area contributed by atoms with Crippen LogP contribution in [0.1, 0.15) is 30.1 Å². The van der Waals surface area contributed by atoms with Gasteiger partial charge in [0.05, 0.1) is 0 Å². The van der Waals surface area contributed by atoms with E-state index >= 15 is 0 Å². The van der Waals surface area contributed by atoms with Crippen molar-refractivity contribution in [3.8, 4) is 0 Å². The number of nitrogens with zero attached hydrogens (tertiary/aromatic N) is 1. The van der Waals surface area contributed by atoms with E-state index in [-0.39, 0.29) is 5.78 Å². The van der Waals surface area contributed by atoms with Crippen molar-refractivity contribution in [3.63, 3.8) is 0 Å². The van der Waals surface area contributed by atoms with E-state index in [0.29, 0.717) is 18.4 Å². The minimum absolute atomic E-state index is 0.113. The molecule has 0 aliphatic rings. The molecule has 84 valence electrons. The van der Waals surface area contributed by atoms with E-state index in [2.05, 4.69) is 0 Å². The van der Waals surface area contributed by atoms with Gasteiger partial charge in [-0.05, 0) is 12.5 Å². The van der Waals surface area contributed by atoms with Crippen molar-refractivity contribution in [2.75, 3.05) is 0 Å². The Kier molecular flexibility index (Phi) is 3.55. The molecule has 5 heteroatoms. The maximum Gasteiger partial charge on any atom is 0.406 e. The van der Waals surface area contributed by atoms with Crippen LogP contribution < -0.4 is 0 Å². The predicted octanol–water partition coefficient (Wildman–Crippen LogP) is 3.03. The first kappa shape index (κ1) is 11.8. The fourth-order valence-electron chi connectivity index (χ4n) is 1.28. The lowest BCUT2D eigenvalue weighted by Crippen LogP contribution is -2.16. The third-order valence-corrected chi connectivity index (χ3v) is 1.91. The Bertz CT molecular complexity index is 341. The Morgan fingerprint density at radius 2 is 2.13 bits per heavy atom. The lowest BCUT2D eigenvalue weighted by atomic mass is 10.1. The number of ketones is 1. The van der Waals surface area contributed by atoms with Gasteiger partial charge in [0, 0.05) is 24.4 Å². The molecule has 0 amide bonds. The summed E-state index contributed by atoms with van der Waals surface area (Å²) in [4.78, 5) is 11.3. The summed E-state index contributed by atoms with van der Waals surface area (Å²) >= 11 is 0. The second-order valence-corrected chi connectivity index (χ2v) is 3.36. The summed E-state index contributed by atoms with van der Waals surface area (Å²) in [6.07, 6.45) is -0.661. The molecular weight excluding hydrogens is 207 g/mol. The fourth-order valence-corrected chi connectivity index (χ4v) is 1.28. The van der Waals surface area contributed by atoms with Crippen LogP contribution in [0.5, 0.6) is 0 Å². The molecule has 0 saturated heterocycles. The van der Waals surface area contributed by atoms with Crippen LogP contribution in [-0.2, 0) is 6.54 Å². The maximum atomic E-state index is 12.0. The normalized spacial score (nSPS) is 11.7. The van der Waals surface area contributed by atoms with Crippen LogP contribution in [0.4, 0.5) is 13.2 Å². The fraction of sp³-hybridized carbons (Fsp3) is 0.500. The standard InChI is InChI=1S/C10H12F3NO/c1-2-3-9(15)8-4-5-14(6-8)7-10(11,12)13/h4-6H,2-3,7H2,1H3. The van der Waals surface area contributed by atoms with E-state index in [1.807, 2.05) is 6.92 Å². The van der Waals surface area contributed by atoms with Gasteiger partial charge in [0.15, 0.2) is 5.78 Å². The second kappa shape index (κ2) is 4.51. The van der Waals surface area contributed by atoms with E-state index in [1.54, 1.807) is 0 Å². The molecule has 0 saturated carbocycles. The van der Waals surface area contributed by atoms with Gasteiger partial charge in [0.25, 0.3) is 0 Å². The summed E-state index contributed by atoms with van der Waals surface area (Å²) in [7, 11) is 0. The Labute approximate surface area is 85.7 Å². The number of hydrogen-bond acceptors (Lipinski definition) is 1. The quantitative estimate of drug-likeness (QED) is 0.713. The molecule has 1 heterocycles. The topological polar surface area (TPSA) is 22.0 Å². The van der Waals surface area contributed by atoms with Gasteiger partial charge >= 0.3 is 6.18 Å². The van der Waals surface area contributed by atoms with Crippen molar-refractivity contribution in [1.82, 2.24) is 4.57 Å². The van der Waals surface area contributed by atoms with Gasteiger partial charge in [0.1, 0.15) is 6.54 Å². The molecule has 0 bridgehead atoms. The summed E-state index contributed by atoms with van der Waals surface area (Å²) in [5, 5.41) is 0. The molecule has 0 radical (unpaired) electrons. The molecule has 1 rings (SSSR count). The van der Waals surface area contributed by atoms with Crippen molar-refractivity contribution in [3.05, 3.63) is 24.0 Å². The average molecular weight is 219 g/mol. The highest BCUT2D eigenvalue weighted by atomic mass is 19.4. The molecule has 0 spiro atoms. The number of Topliss-reactive ketones (excluding diaryl/α,β-unsaturated/α-hetero) is 1. The van der Waals surface area contributed by atoms with Crippen LogP contribution in [0.3, 0.4) is 0 Å². The first-order valence-corrected chi connectivity index (χ1v) is 4.68. The van der Waals surface area contributed by atoms with Crippen molar-refractivity contribution < 1.29 is 18.0 Å². The highest BCUT2D eigenvalue weighted by Gasteiger charge is 2.27. The molecule has 0 unspecified atom stereocenters. The molecule has 1 aromatic heterocycles. The molecule has 15 heavy (non-hydrogen) atoms. The van der Waals surface area contributed by atoms with Crippen LogP contribution in [-0.4, -0.2) is 16.5 Å². The third-order valence-electron chi connectivity index (χ3n) is 1.91. The first-order chi connectivity index (χ1) is 6.92. The van der Waals surface area contributed by atoms with E-state index in [9.17, 15) is 18.0 Å². The van der Waals surface area contributed by atoms with Crippen LogP contribution in [0, 0.1) is 0 Å². The number of rotatable bonds is 4. The minimum Gasteiger partial charge on any atom is -0.344 e. The molecule has 0 aromatic carbocycles. The zero-order chi connectivity index (χ0) is 11.5. The number of hydrogen-bond donors (Lipinski definition) is 0. The first-order valence-electron chi connectivity index (χ1n) is 4.68. The van der Waals surface area contributed by atoms with E-state index in [1.165, 1.54) is 18.5 Å². The highest BCUT2D eigenvalue weighted by molar-refractivity contribution is 5.95. The zero-order valence-electron chi connectivity index (χ0n) is 8.34. The molecule has 0 atom stereocenters. The Hall–Kier alpha value is -1.26. The van der Waals surface area contributed by atoms with Gasteiger partial charge in [-0.2, -0.15) is 13.2 Å². The summed E-state index contributed by atoms with van der Waals surface area (Å²) < 4.78 is 37.0. The van der Waals surface area contributed by atoms with Gasteiger partial charge < -0.3 is 4.57 Å². The summed E-state index contributed by atoms with van der Waals surface area (Å²) in [6.45, 7) is 0.803.